The molecule has 0 aromatic heterocycles. The summed E-state index contributed by atoms with van der Waals surface area (Å²) in [5.74, 6) is 0.995. The van der Waals surface area contributed by atoms with E-state index in [0.717, 1.165) is 31.1 Å². The van der Waals surface area contributed by atoms with E-state index in [4.69, 9.17) is 0 Å². The van der Waals surface area contributed by atoms with E-state index in [9.17, 15) is 13.5 Å². The number of hydrogen-bond donors (Lipinski definition) is 1. The zero-order chi connectivity index (χ0) is 16.0. The number of benzene rings is 2. The topological polar surface area (TPSA) is 57.6 Å². The van der Waals surface area contributed by atoms with Gasteiger partial charge in [-0.05, 0) is 49.0 Å². The summed E-state index contributed by atoms with van der Waals surface area (Å²) >= 11 is 0. The number of fused-ring (bicyclic) bond motifs is 5. The number of rotatable bonds is 2. The van der Waals surface area contributed by atoms with Gasteiger partial charge >= 0.3 is 0 Å². The predicted molar refractivity (Wildman–Crippen MR) is 89.8 cm³/mol. The van der Waals surface area contributed by atoms with Gasteiger partial charge in [0.05, 0.1) is 4.90 Å². The molecule has 1 saturated carbocycles. The molecule has 2 aromatic rings. The molecule has 2 aliphatic heterocycles. The predicted octanol–water partition coefficient (Wildman–Crippen LogP) is 3.36. The summed E-state index contributed by atoms with van der Waals surface area (Å²) < 4.78 is 27.8. The molecular formula is C18H21NO3S. The molecule has 0 spiro atoms. The fourth-order valence-electron chi connectivity index (χ4n) is 4.00. The van der Waals surface area contributed by atoms with E-state index < -0.39 is 10.0 Å². The van der Waals surface area contributed by atoms with Crippen molar-refractivity contribution in [2.24, 2.45) is 11.8 Å². The lowest BCUT2D eigenvalue weighted by Gasteiger charge is -2.22. The van der Waals surface area contributed by atoms with Gasteiger partial charge in [-0.25, -0.2) is 8.42 Å². The van der Waals surface area contributed by atoms with Gasteiger partial charge in [0.1, 0.15) is 5.75 Å². The lowest BCUT2D eigenvalue weighted by atomic mass is 9.84. The molecule has 0 unspecified atom stereocenters. The summed E-state index contributed by atoms with van der Waals surface area (Å²) in [5.41, 5.74) is 0. The van der Waals surface area contributed by atoms with Crippen molar-refractivity contribution in [3.8, 4) is 5.75 Å². The molecule has 3 fully saturated rings. The van der Waals surface area contributed by atoms with E-state index in [1.54, 1.807) is 16.4 Å². The molecule has 122 valence electrons. The third-order valence-corrected chi connectivity index (χ3v) is 7.15. The van der Waals surface area contributed by atoms with Crippen LogP contribution in [0.25, 0.3) is 10.8 Å². The first-order valence-electron chi connectivity index (χ1n) is 8.26. The molecule has 5 rings (SSSR count). The quantitative estimate of drug-likeness (QED) is 0.918. The Kier molecular flexibility index (Phi) is 3.58. The molecule has 2 heterocycles. The summed E-state index contributed by atoms with van der Waals surface area (Å²) in [7, 11) is -3.55. The Hall–Kier alpha value is -1.59. The van der Waals surface area contributed by atoms with E-state index in [1.165, 1.54) is 6.07 Å². The van der Waals surface area contributed by atoms with E-state index in [-0.39, 0.29) is 10.6 Å². The zero-order valence-electron chi connectivity index (χ0n) is 13.0. The van der Waals surface area contributed by atoms with Gasteiger partial charge in [-0.2, -0.15) is 4.31 Å². The lowest BCUT2D eigenvalue weighted by Crippen LogP contribution is -2.34. The molecule has 5 heteroatoms. The second kappa shape index (κ2) is 5.49. The molecular weight excluding hydrogens is 310 g/mol. The van der Waals surface area contributed by atoms with Crippen molar-refractivity contribution >= 4 is 20.8 Å². The Balaban J connectivity index is 1.76. The van der Waals surface area contributed by atoms with Gasteiger partial charge in [0.15, 0.2) is 0 Å². The largest absolute Gasteiger partial charge is 0.507 e. The van der Waals surface area contributed by atoms with E-state index in [1.807, 2.05) is 18.2 Å². The summed E-state index contributed by atoms with van der Waals surface area (Å²) in [4.78, 5) is 0.204. The van der Waals surface area contributed by atoms with Crippen molar-refractivity contribution in [1.82, 2.24) is 4.31 Å². The number of hydrogen-bond acceptors (Lipinski definition) is 3. The van der Waals surface area contributed by atoms with Crippen molar-refractivity contribution < 1.29 is 13.5 Å². The maximum Gasteiger partial charge on any atom is 0.243 e. The third-order valence-electron chi connectivity index (χ3n) is 5.34. The third kappa shape index (κ3) is 2.62. The Labute approximate surface area is 136 Å². The highest BCUT2D eigenvalue weighted by atomic mass is 32.2. The second-order valence-electron chi connectivity index (χ2n) is 6.87. The molecule has 1 N–H and O–H groups in total. The summed E-state index contributed by atoms with van der Waals surface area (Å²) in [6.45, 7) is 1.23. The molecule has 2 aromatic carbocycles. The molecule has 0 atom stereocenters. The molecule has 2 bridgehead atoms. The van der Waals surface area contributed by atoms with Gasteiger partial charge in [-0.3, -0.25) is 0 Å². The van der Waals surface area contributed by atoms with Crippen LogP contribution in [0.5, 0.6) is 5.75 Å². The monoisotopic (exact) mass is 331 g/mol. The SMILES string of the molecule is O=S(=O)(c1cc(O)c2ccccc2c1)N1CC2CCC(CC2)C1. The van der Waals surface area contributed by atoms with Crippen LogP contribution in [0.15, 0.2) is 41.3 Å². The first kappa shape index (κ1) is 15.0. The molecule has 4 nitrogen and oxygen atoms in total. The highest BCUT2D eigenvalue weighted by molar-refractivity contribution is 7.89. The smallest absolute Gasteiger partial charge is 0.243 e. The molecule has 1 aliphatic carbocycles. The highest BCUT2D eigenvalue weighted by Gasteiger charge is 2.36. The average Bonchev–Trinajstić information content (AvgIpc) is 2.89. The van der Waals surface area contributed by atoms with Crippen LogP contribution in [-0.4, -0.2) is 30.9 Å². The molecule has 23 heavy (non-hydrogen) atoms. The Bertz CT molecular complexity index is 824. The number of phenols is 1. The highest BCUT2D eigenvalue weighted by Crippen LogP contribution is 2.37. The summed E-state index contributed by atoms with van der Waals surface area (Å²) in [6, 6.07) is 10.4. The van der Waals surface area contributed by atoms with Gasteiger partial charge in [0.25, 0.3) is 0 Å². The minimum absolute atomic E-state index is 0.0273. The van der Waals surface area contributed by atoms with E-state index >= 15 is 0 Å². The zero-order valence-corrected chi connectivity index (χ0v) is 13.8. The fourth-order valence-corrected chi connectivity index (χ4v) is 5.65. The van der Waals surface area contributed by atoms with Crippen molar-refractivity contribution in [2.45, 2.75) is 30.6 Å². The average molecular weight is 331 g/mol. The van der Waals surface area contributed by atoms with Crippen molar-refractivity contribution in [2.75, 3.05) is 13.1 Å². The minimum atomic E-state index is -3.55. The molecule has 2 saturated heterocycles. The first-order chi connectivity index (χ1) is 11.0. The van der Waals surface area contributed by atoms with Gasteiger partial charge in [-0.15, -0.1) is 0 Å². The molecule has 0 amide bonds. The number of sulfonamides is 1. The van der Waals surface area contributed by atoms with Crippen LogP contribution in [0.4, 0.5) is 0 Å². The van der Waals surface area contributed by atoms with Crippen LogP contribution in [0, 0.1) is 11.8 Å². The minimum Gasteiger partial charge on any atom is -0.507 e. The Morgan fingerprint density at radius 2 is 1.57 bits per heavy atom. The Morgan fingerprint density at radius 3 is 2.22 bits per heavy atom. The van der Waals surface area contributed by atoms with Crippen LogP contribution < -0.4 is 0 Å². The first-order valence-corrected chi connectivity index (χ1v) is 9.70. The molecule has 3 aliphatic rings. The van der Waals surface area contributed by atoms with Crippen LogP contribution >= 0.6 is 0 Å². The maximum absolute atomic E-state index is 13.1. The summed E-state index contributed by atoms with van der Waals surface area (Å²) in [6.07, 6.45) is 4.55. The maximum atomic E-state index is 13.1. The lowest BCUT2D eigenvalue weighted by molar-refractivity contribution is 0.326. The van der Waals surface area contributed by atoms with Crippen LogP contribution in [-0.2, 0) is 10.0 Å². The van der Waals surface area contributed by atoms with Crippen molar-refractivity contribution in [3.63, 3.8) is 0 Å². The van der Waals surface area contributed by atoms with E-state index in [2.05, 4.69) is 0 Å². The normalized spacial score (nSPS) is 25.6. The van der Waals surface area contributed by atoms with Crippen LogP contribution in [0.1, 0.15) is 25.7 Å². The number of nitrogens with zero attached hydrogens (tertiary/aromatic N) is 1. The second-order valence-corrected chi connectivity index (χ2v) is 8.81. The molecule has 0 radical (unpaired) electrons. The van der Waals surface area contributed by atoms with Crippen LogP contribution in [0.3, 0.4) is 0 Å². The standard InChI is InChI=1S/C18H21NO3S/c20-18-10-16(9-15-3-1-2-4-17(15)18)23(21,22)19-11-13-5-6-14(12-19)8-7-13/h1-4,9-10,13-14,20H,5-8,11-12H2. The number of phenolic OH excluding ortho intramolecular Hbond substituents is 1. The van der Waals surface area contributed by atoms with Crippen LogP contribution in [0.2, 0.25) is 0 Å². The van der Waals surface area contributed by atoms with Crippen molar-refractivity contribution in [3.05, 3.63) is 36.4 Å². The van der Waals surface area contributed by atoms with Gasteiger partial charge < -0.3 is 5.11 Å². The number of aromatic hydroxyl groups is 1. The van der Waals surface area contributed by atoms with Crippen molar-refractivity contribution in [1.29, 1.82) is 0 Å². The fraction of sp³-hybridized carbons (Fsp3) is 0.444. The van der Waals surface area contributed by atoms with Gasteiger partial charge in [0, 0.05) is 24.5 Å². The Morgan fingerprint density at radius 1 is 0.957 bits per heavy atom. The van der Waals surface area contributed by atoms with Gasteiger partial charge in [-0.1, -0.05) is 24.3 Å². The van der Waals surface area contributed by atoms with Gasteiger partial charge in [0.2, 0.25) is 10.0 Å². The van der Waals surface area contributed by atoms with E-state index in [0.29, 0.717) is 30.3 Å². The summed E-state index contributed by atoms with van der Waals surface area (Å²) in [5, 5.41) is 11.6.